The van der Waals surface area contributed by atoms with E-state index in [2.05, 4.69) is 0 Å². The molecule has 1 heterocycles. The molecule has 0 saturated carbocycles. The molecule has 0 amide bonds. The molecular formula is C14H16ClNO2. The number of aryl methyl sites for hydroxylation is 2. The molecule has 0 unspecified atom stereocenters. The molecule has 2 aromatic rings. The molecule has 0 saturated heterocycles. The molecule has 0 aliphatic rings. The molecule has 1 aromatic heterocycles. The van der Waals surface area contributed by atoms with E-state index >= 15 is 0 Å². The van der Waals surface area contributed by atoms with Crippen molar-refractivity contribution in [1.29, 1.82) is 0 Å². The number of halogens is 1. The summed E-state index contributed by atoms with van der Waals surface area (Å²) in [4.78, 5) is 0. The van der Waals surface area contributed by atoms with Gasteiger partial charge in [-0.3, -0.25) is 0 Å². The van der Waals surface area contributed by atoms with E-state index in [0.717, 1.165) is 33.2 Å². The highest BCUT2D eigenvalue weighted by Gasteiger charge is 2.07. The van der Waals surface area contributed by atoms with Crippen LogP contribution in [0.15, 0.2) is 28.9 Å². The Morgan fingerprint density at radius 3 is 2.44 bits per heavy atom. The molecular weight excluding hydrogens is 250 g/mol. The van der Waals surface area contributed by atoms with Gasteiger partial charge in [0.25, 0.3) is 0 Å². The van der Waals surface area contributed by atoms with Crippen molar-refractivity contribution < 1.29 is 9.15 Å². The van der Waals surface area contributed by atoms with E-state index < -0.39 is 0 Å². The number of nitrogens with two attached hydrogens (primary N) is 1. The number of hydrogen-bond acceptors (Lipinski definition) is 3. The third kappa shape index (κ3) is 2.86. The van der Waals surface area contributed by atoms with Gasteiger partial charge in [-0.2, -0.15) is 0 Å². The first-order valence-corrected chi connectivity index (χ1v) is 6.14. The van der Waals surface area contributed by atoms with Gasteiger partial charge in [0.2, 0.25) is 0 Å². The summed E-state index contributed by atoms with van der Waals surface area (Å²) in [6.07, 6.45) is 1.65. The Morgan fingerprint density at radius 2 is 1.89 bits per heavy atom. The largest absolute Gasteiger partial charge is 0.485 e. The van der Waals surface area contributed by atoms with Crippen LogP contribution < -0.4 is 10.5 Å². The molecule has 0 spiro atoms. The van der Waals surface area contributed by atoms with Crippen molar-refractivity contribution in [2.75, 3.05) is 0 Å². The highest BCUT2D eigenvalue weighted by atomic mass is 35.5. The fraction of sp³-hybridized carbons (Fsp3) is 0.286. The first-order valence-electron chi connectivity index (χ1n) is 5.76. The zero-order valence-electron chi connectivity index (χ0n) is 10.5. The van der Waals surface area contributed by atoms with E-state index in [0.29, 0.717) is 13.2 Å². The summed E-state index contributed by atoms with van der Waals surface area (Å²) in [5.41, 5.74) is 8.53. The van der Waals surface area contributed by atoms with E-state index in [-0.39, 0.29) is 0 Å². The highest BCUT2D eigenvalue weighted by molar-refractivity contribution is 6.30. The van der Waals surface area contributed by atoms with Gasteiger partial charge < -0.3 is 14.9 Å². The fourth-order valence-corrected chi connectivity index (χ4v) is 2.20. The SMILES string of the molecule is Cc1cc(Cl)cc(C)c1OCc1cc(CN)co1. The molecule has 4 heteroatoms. The third-order valence-corrected chi connectivity index (χ3v) is 2.95. The highest BCUT2D eigenvalue weighted by Crippen LogP contribution is 2.27. The lowest BCUT2D eigenvalue weighted by atomic mass is 10.1. The summed E-state index contributed by atoms with van der Waals surface area (Å²) >= 11 is 5.97. The maximum Gasteiger partial charge on any atom is 0.146 e. The van der Waals surface area contributed by atoms with Gasteiger partial charge in [-0.15, -0.1) is 0 Å². The van der Waals surface area contributed by atoms with E-state index in [1.807, 2.05) is 32.0 Å². The normalized spacial score (nSPS) is 10.7. The monoisotopic (exact) mass is 265 g/mol. The minimum absolute atomic E-state index is 0.392. The van der Waals surface area contributed by atoms with Crippen LogP contribution in [0.5, 0.6) is 5.75 Å². The number of ether oxygens (including phenoxy) is 1. The number of benzene rings is 1. The molecule has 1 aromatic carbocycles. The summed E-state index contributed by atoms with van der Waals surface area (Å²) in [6.45, 7) is 4.81. The maximum atomic E-state index is 5.97. The quantitative estimate of drug-likeness (QED) is 0.919. The van der Waals surface area contributed by atoms with Crippen molar-refractivity contribution in [1.82, 2.24) is 0 Å². The first-order chi connectivity index (χ1) is 8.60. The Hall–Kier alpha value is -1.45. The van der Waals surface area contributed by atoms with Crippen molar-refractivity contribution in [2.45, 2.75) is 27.0 Å². The van der Waals surface area contributed by atoms with Gasteiger partial charge in [-0.25, -0.2) is 0 Å². The van der Waals surface area contributed by atoms with E-state index in [9.17, 15) is 0 Å². The summed E-state index contributed by atoms with van der Waals surface area (Å²) in [5.74, 6) is 1.62. The van der Waals surface area contributed by atoms with Crippen molar-refractivity contribution in [3.05, 3.63) is 51.9 Å². The smallest absolute Gasteiger partial charge is 0.146 e. The molecule has 2 N–H and O–H groups in total. The van der Waals surface area contributed by atoms with Crippen molar-refractivity contribution >= 4 is 11.6 Å². The third-order valence-electron chi connectivity index (χ3n) is 2.73. The number of furan rings is 1. The van der Waals surface area contributed by atoms with Crippen molar-refractivity contribution in [3.63, 3.8) is 0 Å². The average Bonchev–Trinajstić information content (AvgIpc) is 2.75. The second-order valence-electron chi connectivity index (χ2n) is 4.28. The van der Waals surface area contributed by atoms with Gasteiger partial charge in [-0.1, -0.05) is 11.6 Å². The molecule has 2 rings (SSSR count). The van der Waals surface area contributed by atoms with E-state index in [1.54, 1.807) is 6.26 Å². The fourth-order valence-electron chi connectivity index (χ4n) is 1.88. The zero-order chi connectivity index (χ0) is 13.1. The topological polar surface area (TPSA) is 48.4 Å². The Balaban J connectivity index is 2.10. The lowest BCUT2D eigenvalue weighted by Gasteiger charge is -2.11. The molecule has 3 nitrogen and oxygen atoms in total. The molecule has 18 heavy (non-hydrogen) atoms. The van der Waals surface area contributed by atoms with Gasteiger partial charge in [0.05, 0.1) is 6.26 Å². The molecule has 0 atom stereocenters. The van der Waals surface area contributed by atoms with Crippen LogP contribution in [0.2, 0.25) is 5.02 Å². The minimum atomic E-state index is 0.392. The van der Waals surface area contributed by atoms with Crippen molar-refractivity contribution in [2.24, 2.45) is 5.73 Å². The average molecular weight is 266 g/mol. The standard InChI is InChI=1S/C14H16ClNO2/c1-9-3-12(15)4-10(2)14(9)18-8-13-5-11(6-16)7-17-13/h3-5,7H,6,8,16H2,1-2H3. The molecule has 0 fully saturated rings. The molecule has 0 aliphatic heterocycles. The Labute approximate surface area is 111 Å². The lowest BCUT2D eigenvalue weighted by molar-refractivity contribution is 0.267. The summed E-state index contributed by atoms with van der Waals surface area (Å²) in [6, 6.07) is 5.68. The van der Waals surface area contributed by atoms with Crippen LogP contribution in [-0.2, 0) is 13.2 Å². The summed E-state index contributed by atoms with van der Waals surface area (Å²) < 4.78 is 11.1. The number of rotatable bonds is 4. The first kappa shape index (κ1) is 13.0. The summed E-state index contributed by atoms with van der Waals surface area (Å²) in [5, 5.41) is 0.723. The Morgan fingerprint density at radius 1 is 1.22 bits per heavy atom. The van der Waals surface area contributed by atoms with Gasteiger partial charge in [0.15, 0.2) is 0 Å². The van der Waals surface area contributed by atoms with E-state index in [1.165, 1.54) is 0 Å². The molecule has 0 radical (unpaired) electrons. The van der Waals surface area contributed by atoms with Crippen LogP contribution in [0.25, 0.3) is 0 Å². The second-order valence-corrected chi connectivity index (χ2v) is 4.72. The maximum absolute atomic E-state index is 5.97. The number of hydrogen-bond donors (Lipinski definition) is 1. The van der Waals surface area contributed by atoms with Gasteiger partial charge in [0, 0.05) is 17.1 Å². The second kappa shape index (κ2) is 5.46. The zero-order valence-corrected chi connectivity index (χ0v) is 11.3. The van der Waals surface area contributed by atoms with E-state index in [4.69, 9.17) is 26.5 Å². The summed E-state index contributed by atoms with van der Waals surface area (Å²) in [7, 11) is 0. The van der Waals surface area contributed by atoms with Crippen LogP contribution in [0.1, 0.15) is 22.5 Å². The minimum Gasteiger partial charge on any atom is -0.485 e. The van der Waals surface area contributed by atoms with Gasteiger partial charge in [-0.05, 0) is 43.2 Å². The predicted octanol–water partition coefficient (Wildman–Crippen LogP) is 3.59. The Kier molecular flexibility index (Phi) is 3.94. The van der Waals surface area contributed by atoms with Crippen LogP contribution >= 0.6 is 11.6 Å². The Bertz CT molecular complexity index is 525. The van der Waals surface area contributed by atoms with Gasteiger partial charge in [0.1, 0.15) is 18.1 Å². The predicted molar refractivity (Wildman–Crippen MR) is 71.9 cm³/mol. The molecule has 96 valence electrons. The van der Waals surface area contributed by atoms with Crippen LogP contribution in [0.4, 0.5) is 0 Å². The van der Waals surface area contributed by atoms with Crippen LogP contribution in [0, 0.1) is 13.8 Å². The van der Waals surface area contributed by atoms with Crippen LogP contribution in [-0.4, -0.2) is 0 Å². The molecule has 0 bridgehead atoms. The van der Waals surface area contributed by atoms with Crippen LogP contribution in [0.3, 0.4) is 0 Å². The van der Waals surface area contributed by atoms with Crippen molar-refractivity contribution in [3.8, 4) is 5.75 Å². The van der Waals surface area contributed by atoms with Gasteiger partial charge >= 0.3 is 0 Å². The molecule has 0 aliphatic carbocycles. The lowest BCUT2D eigenvalue weighted by Crippen LogP contribution is -1.98.